The van der Waals surface area contributed by atoms with Crippen LogP contribution >= 0.6 is 11.6 Å². The minimum atomic E-state index is -3.21. The summed E-state index contributed by atoms with van der Waals surface area (Å²) in [6.07, 6.45) is 0.333. The number of rotatable bonds is 7. The van der Waals surface area contributed by atoms with E-state index in [4.69, 9.17) is 16.3 Å². The fourth-order valence-electron chi connectivity index (χ4n) is 3.23. The molecular formula is C19H19ClN2O6S. The van der Waals surface area contributed by atoms with Gasteiger partial charge in [-0.2, -0.15) is 0 Å². The number of benzene rings is 2. The highest BCUT2D eigenvalue weighted by atomic mass is 35.5. The van der Waals surface area contributed by atoms with Gasteiger partial charge in [0.25, 0.3) is 5.91 Å². The lowest BCUT2D eigenvalue weighted by Gasteiger charge is -2.28. The molecule has 1 unspecified atom stereocenters. The van der Waals surface area contributed by atoms with Gasteiger partial charge in [-0.25, -0.2) is 8.42 Å². The molecule has 0 spiro atoms. The number of carbonyl (C=O) groups is 1. The second-order valence-corrected chi connectivity index (χ2v) is 9.39. The van der Waals surface area contributed by atoms with Gasteiger partial charge in [0.15, 0.2) is 22.2 Å². The van der Waals surface area contributed by atoms with Gasteiger partial charge < -0.3 is 9.64 Å². The molecule has 0 aliphatic carbocycles. The van der Waals surface area contributed by atoms with E-state index in [-0.39, 0.29) is 29.5 Å². The number of para-hydroxylation sites is 2. The number of nitrogens with zero attached hydrogens (tertiary/aromatic N) is 2. The molecule has 1 atom stereocenters. The molecule has 0 N–H and O–H groups in total. The van der Waals surface area contributed by atoms with Crippen LogP contribution in [0.15, 0.2) is 48.5 Å². The lowest BCUT2D eigenvalue weighted by molar-refractivity contribution is -0.385. The first-order chi connectivity index (χ1) is 13.7. The van der Waals surface area contributed by atoms with Crippen molar-refractivity contribution in [3.8, 4) is 5.75 Å². The van der Waals surface area contributed by atoms with E-state index in [0.29, 0.717) is 11.4 Å². The smallest absolute Gasteiger partial charge is 0.310 e. The zero-order chi connectivity index (χ0) is 21.0. The van der Waals surface area contributed by atoms with Crippen LogP contribution in [0.5, 0.6) is 5.75 Å². The SMILES string of the molecule is O=C(COc1ccccc1[N+](=O)[O-])N(Cc1cccc(Cl)c1)C1CCS(=O)(=O)C1. The molecule has 1 heterocycles. The summed E-state index contributed by atoms with van der Waals surface area (Å²) in [5.41, 5.74) is 0.506. The Hall–Kier alpha value is -2.65. The van der Waals surface area contributed by atoms with Crippen molar-refractivity contribution in [1.29, 1.82) is 0 Å². The molecule has 1 aliphatic heterocycles. The number of sulfone groups is 1. The minimum absolute atomic E-state index is 0.0159. The van der Waals surface area contributed by atoms with E-state index in [1.165, 1.54) is 23.1 Å². The van der Waals surface area contributed by atoms with Gasteiger partial charge >= 0.3 is 5.69 Å². The van der Waals surface area contributed by atoms with E-state index < -0.39 is 33.3 Å². The molecule has 10 heteroatoms. The molecule has 0 bridgehead atoms. The van der Waals surface area contributed by atoms with Gasteiger partial charge in [-0.05, 0) is 30.2 Å². The van der Waals surface area contributed by atoms with Crippen LogP contribution in [0.1, 0.15) is 12.0 Å². The summed E-state index contributed by atoms with van der Waals surface area (Å²) in [5, 5.41) is 11.6. The Morgan fingerprint density at radius 1 is 1.24 bits per heavy atom. The molecule has 0 radical (unpaired) electrons. The average Bonchev–Trinajstić information content (AvgIpc) is 3.04. The minimum Gasteiger partial charge on any atom is -0.477 e. The molecule has 0 aromatic heterocycles. The number of hydrogen-bond donors (Lipinski definition) is 0. The largest absolute Gasteiger partial charge is 0.477 e. The summed E-state index contributed by atoms with van der Waals surface area (Å²) < 4.78 is 29.2. The highest BCUT2D eigenvalue weighted by Gasteiger charge is 2.35. The van der Waals surface area contributed by atoms with Gasteiger partial charge in [0.05, 0.1) is 16.4 Å². The van der Waals surface area contributed by atoms with Crippen molar-refractivity contribution in [2.45, 2.75) is 19.0 Å². The summed E-state index contributed by atoms with van der Waals surface area (Å²) in [7, 11) is -3.21. The quantitative estimate of drug-likeness (QED) is 0.486. The Balaban J connectivity index is 1.78. The van der Waals surface area contributed by atoms with Gasteiger partial charge in [-0.15, -0.1) is 0 Å². The number of hydrogen-bond acceptors (Lipinski definition) is 6. The maximum Gasteiger partial charge on any atom is 0.310 e. The molecule has 0 saturated carbocycles. The second-order valence-electron chi connectivity index (χ2n) is 6.72. The van der Waals surface area contributed by atoms with Crippen LogP contribution in [-0.4, -0.2) is 48.3 Å². The molecule has 1 saturated heterocycles. The molecule has 154 valence electrons. The molecule has 2 aromatic rings. The van der Waals surface area contributed by atoms with Crippen molar-refractivity contribution in [1.82, 2.24) is 4.90 Å². The summed E-state index contributed by atoms with van der Waals surface area (Å²) in [6, 6.07) is 12.2. The predicted octanol–water partition coefficient (Wildman–Crippen LogP) is 2.84. The van der Waals surface area contributed by atoms with E-state index in [1.54, 1.807) is 30.3 Å². The third-order valence-corrected chi connectivity index (χ3v) is 6.61. The van der Waals surface area contributed by atoms with Crippen molar-refractivity contribution in [3.05, 3.63) is 69.2 Å². The molecule has 8 nitrogen and oxygen atoms in total. The number of amides is 1. The van der Waals surface area contributed by atoms with E-state index in [0.717, 1.165) is 5.56 Å². The normalized spacial score (nSPS) is 17.6. The zero-order valence-electron chi connectivity index (χ0n) is 15.4. The van der Waals surface area contributed by atoms with Crippen LogP contribution in [-0.2, 0) is 21.2 Å². The van der Waals surface area contributed by atoms with Crippen LogP contribution in [0.25, 0.3) is 0 Å². The standard InChI is InChI=1S/C19H19ClN2O6S/c20-15-5-3-4-14(10-15)11-21(16-8-9-29(26,27)13-16)19(23)12-28-18-7-2-1-6-17(18)22(24)25/h1-7,10,16H,8-9,11-13H2. The first kappa shape index (κ1) is 21.1. The van der Waals surface area contributed by atoms with Crippen LogP contribution in [0, 0.1) is 10.1 Å². The summed E-state index contributed by atoms with van der Waals surface area (Å²) in [5.74, 6) is -0.579. The second kappa shape index (κ2) is 8.79. The highest BCUT2D eigenvalue weighted by Crippen LogP contribution is 2.26. The molecule has 29 heavy (non-hydrogen) atoms. The monoisotopic (exact) mass is 438 g/mol. The van der Waals surface area contributed by atoms with E-state index >= 15 is 0 Å². The zero-order valence-corrected chi connectivity index (χ0v) is 16.9. The Morgan fingerprint density at radius 3 is 2.66 bits per heavy atom. The topological polar surface area (TPSA) is 107 Å². The summed E-state index contributed by atoms with van der Waals surface area (Å²) in [4.78, 5) is 24.9. The molecule has 1 amide bonds. The maximum absolute atomic E-state index is 12.9. The highest BCUT2D eigenvalue weighted by molar-refractivity contribution is 7.91. The lowest BCUT2D eigenvalue weighted by Crippen LogP contribution is -2.43. The Bertz CT molecular complexity index is 1030. The number of nitro benzene ring substituents is 1. The fraction of sp³-hybridized carbons (Fsp3) is 0.316. The Morgan fingerprint density at radius 2 is 2.00 bits per heavy atom. The van der Waals surface area contributed by atoms with Crippen molar-refractivity contribution in [2.75, 3.05) is 18.1 Å². The van der Waals surface area contributed by atoms with E-state index in [1.807, 2.05) is 0 Å². The van der Waals surface area contributed by atoms with E-state index in [9.17, 15) is 23.3 Å². The molecular weight excluding hydrogens is 420 g/mol. The third kappa shape index (κ3) is 5.45. The van der Waals surface area contributed by atoms with Gasteiger partial charge in [-0.1, -0.05) is 35.9 Å². The van der Waals surface area contributed by atoms with Crippen molar-refractivity contribution in [3.63, 3.8) is 0 Å². The molecule has 3 rings (SSSR count). The van der Waals surface area contributed by atoms with E-state index in [2.05, 4.69) is 0 Å². The Kier molecular flexibility index (Phi) is 6.39. The fourth-order valence-corrected chi connectivity index (χ4v) is 5.17. The number of nitro groups is 1. The molecule has 2 aromatic carbocycles. The summed E-state index contributed by atoms with van der Waals surface area (Å²) in [6.45, 7) is -0.276. The number of carbonyl (C=O) groups excluding carboxylic acids is 1. The van der Waals surface area contributed by atoms with Crippen molar-refractivity contribution in [2.24, 2.45) is 0 Å². The summed E-state index contributed by atoms with van der Waals surface area (Å²) >= 11 is 6.01. The molecule has 1 aliphatic rings. The Labute approximate surface area is 173 Å². The van der Waals surface area contributed by atoms with Gasteiger partial charge in [0.1, 0.15) is 0 Å². The number of ether oxygens (including phenoxy) is 1. The lowest BCUT2D eigenvalue weighted by atomic mass is 10.1. The van der Waals surface area contributed by atoms with Crippen molar-refractivity contribution >= 4 is 33.0 Å². The van der Waals surface area contributed by atoms with Crippen LogP contribution in [0.2, 0.25) is 5.02 Å². The average molecular weight is 439 g/mol. The van der Waals surface area contributed by atoms with Gasteiger partial charge in [0, 0.05) is 23.7 Å². The van der Waals surface area contributed by atoms with Crippen molar-refractivity contribution < 1.29 is 22.9 Å². The van der Waals surface area contributed by atoms with Gasteiger partial charge in [0.2, 0.25) is 0 Å². The van der Waals surface area contributed by atoms with Crippen LogP contribution < -0.4 is 4.74 Å². The van der Waals surface area contributed by atoms with Crippen LogP contribution in [0.4, 0.5) is 5.69 Å². The molecule has 1 fully saturated rings. The number of halogens is 1. The predicted molar refractivity (Wildman–Crippen MR) is 108 cm³/mol. The van der Waals surface area contributed by atoms with Gasteiger partial charge in [-0.3, -0.25) is 14.9 Å². The third-order valence-electron chi connectivity index (χ3n) is 4.62. The first-order valence-corrected chi connectivity index (χ1v) is 11.1. The first-order valence-electron chi connectivity index (χ1n) is 8.86. The van der Waals surface area contributed by atoms with Crippen LogP contribution in [0.3, 0.4) is 0 Å². The maximum atomic E-state index is 12.9.